The van der Waals surface area contributed by atoms with Gasteiger partial charge in [-0.15, -0.1) is 0 Å². The Hall–Kier alpha value is -3.27. The fraction of sp³-hybridized carbons (Fsp3) is 0. The van der Waals surface area contributed by atoms with Gasteiger partial charge in [0.1, 0.15) is 5.52 Å². The molecule has 0 bridgehead atoms. The molecule has 1 N–H and O–H groups in total. The normalized spacial score (nSPS) is 11.0. The minimum Gasteiger partial charge on any atom is -0.478 e. The molecule has 0 atom stereocenters. The van der Waals surface area contributed by atoms with Crippen molar-refractivity contribution in [1.29, 1.82) is 0 Å². The summed E-state index contributed by atoms with van der Waals surface area (Å²) < 4.78 is 0. The molecule has 110 valence electrons. The largest absolute Gasteiger partial charge is 0.478 e. The van der Waals surface area contributed by atoms with E-state index in [1.807, 2.05) is 60.7 Å². The number of aromatic nitrogens is 2. The number of para-hydroxylation sites is 2. The second-order valence-corrected chi connectivity index (χ2v) is 5.28. The first-order chi connectivity index (χ1) is 11.2. The lowest BCUT2D eigenvalue weighted by molar-refractivity contribution is 0.0699. The van der Waals surface area contributed by atoms with E-state index in [0.29, 0.717) is 16.6 Å². The monoisotopic (exact) mass is 300 g/mol. The van der Waals surface area contributed by atoms with Crippen LogP contribution >= 0.6 is 0 Å². The van der Waals surface area contributed by atoms with Crippen molar-refractivity contribution in [2.24, 2.45) is 0 Å². The lowest BCUT2D eigenvalue weighted by Gasteiger charge is -2.08. The summed E-state index contributed by atoms with van der Waals surface area (Å²) in [5.74, 6) is -1.00. The maximum Gasteiger partial charge on any atom is 0.337 e. The van der Waals surface area contributed by atoms with Gasteiger partial charge in [-0.1, -0.05) is 42.5 Å². The molecule has 0 aliphatic heterocycles. The van der Waals surface area contributed by atoms with Crippen LogP contribution in [0.25, 0.3) is 33.2 Å². The molecule has 0 amide bonds. The van der Waals surface area contributed by atoms with Crippen LogP contribution in [-0.4, -0.2) is 21.0 Å². The lowest BCUT2D eigenvalue weighted by Crippen LogP contribution is -2.01. The fourth-order valence-electron chi connectivity index (χ4n) is 2.69. The van der Waals surface area contributed by atoms with Crippen molar-refractivity contribution in [2.45, 2.75) is 0 Å². The highest BCUT2D eigenvalue weighted by atomic mass is 16.4. The van der Waals surface area contributed by atoms with Gasteiger partial charge in [0.25, 0.3) is 0 Å². The number of rotatable bonds is 2. The van der Waals surface area contributed by atoms with E-state index in [0.717, 1.165) is 16.6 Å². The Morgan fingerprint density at radius 2 is 1.39 bits per heavy atom. The zero-order valence-corrected chi connectivity index (χ0v) is 12.1. The van der Waals surface area contributed by atoms with E-state index in [2.05, 4.69) is 9.97 Å². The molecule has 0 aliphatic carbocycles. The fourth-order valence-corrected chi connectivity index (χ4v) is 2.69. The number of benzene rings is 3. The van der Waals surface area contributed by atoms with Gasteiger partial charge >= 0.3 is 5.97 Å². The topological polar surface area (TPSA) is 63.1 Å². The standard InChI is InChI=1S/C19H12N2O2/c22-19(23)14-10-13(12-6-2-1-3-7-12)11-17-18(14)21-16-9-5-4-8-15(16)20-17/h1-11H,(H,22,23). The van der Waals surface area contributed by atoms with Crippen molar-refractivity contribution in [3.63, 3.8) is 0 Å². The number of hydrogen-bond donors (Lipinski definition) is 1. The highest BCUT2D eigenvalue weighted by Gasteiger charge is 2.14. The van der Waals surface area contributed by atoms with Gasteiger partial charge in [0, 0.05) is 0 Å². The van der Waals surface area contributed by atoms with Gasteiger partial charge in [-0.25, -0.2) is 14.8 Å². The van der Waals surface area contributed by atoms with E-state index in [1.165, 1.54) is 0 Å². The van der Waals surface area contributed by atoms with Crippen molar-refractivity contribution in [3.8, 4) is 11.1 Å². The molecular weight excluding hydrogens is 288 g/mol. The Morgan fingerprint density at radius 1 is 0.739 bits per heavy atom. The Labute approximate surface area is 132 Å². The van der Waals surface area contributed by atoms with E-state index in [9.17, 15) is 9.90 Å². The number of aromatic carboxylic acids is 1. The summed E-state index contributed by atoms with van der Waals surface area (Å²) >= 11 is 0. The van der Waals surface area contributed by atoms with Gasteiger partial charge in [0.15, 0.2) is 0 Å². The van der Waals surface area contributed by atoms with Crippen LogP contribution in [0.1, 0.15) is 10.4 Å². The number of nitrogens with zero attached hydrogens (tertiary/aromatic N) is 2. The first-order valence-corrected chi connectivity index (χ1v) is 7.21. The van der Waals surface area contributed by atoms with Crippen molar-refractivity contribution in [3.05, 3.63) is 72.3 Å². The molecular formula is C19H12N2O2. The summed E-state index contributed by atoms with van der Waals surface area (Å²) in [6.45, 7) is 0. The Balaban J connectivity index is 2.08. The molecule has 23 heavy (non-hydrogen) atoms. The molecule has 1 heterocycles. The Kier molecular flexibility index (Phi) is 3.01. The third-order valence-electron chi connectivity index (χ3n) is 3.78. The molecule has 3 aromatic carbocycles. The molecule has 0 unspecified atom stereocenters. The average molecular weight is 300 g/mol. The minimum atomic E-state index is -1.00. The molecule has 1 aromatic heterocycles. The smallest absolute Gasteiger partial charge is 0.337 e. The molecule has 0 aliphatic rings. The van der Waals surface area contributed by atoms with Crippen LogP contribution in [0.15, 0.2) is 66.7 Å². The summed E-state index contributed by atoms with van der Waals surface area (Å²) in [5, 5.41) is 9.56. The van der Waals surface area contributed by atoms with Crippen LogP contribution < -0.4 is 0 Å². The first-order valence-electron chi connectivity index (χ1n) is 7.21. The minimum absolute atomic E-state index is 0.166. The quantitative estimate of drug-likeness (QED) is 0.565. The summed E-state index contributed by atoms with van der Waals surface area (Å²) in [4.78, 5) is 20.7. The van der Waals surface area contributed by atoms with Gasteiger partial charge < -0.3 is 5.11 Å². The number of carboxylic acids is 1. The van der Waals surface area contributed by atoms with Gasteiger partial charge in [0.05, 0.1) is 22.1 Å². The molecule has 0 spiro atoms. The molecule has 0 radical (unpaired) electrons. The van der Waals surface area contributed by atoms with Crippen LogP contribution in [-0.2, 0) is 0 Å². The Morgan fingerprint density at radius 3 is 2.09 bits per heavy atom. The third-order valence-corrected chi connectivity index (χ3v) is 3.78. The Bertz CT molecular complexity index is 1040. The van der Waals surface area contributed by atoms with E-state index in [4.69, 9.17) is 0 Å². The highest BCUT2D eigenvalue weighted by Crippen LogP contribution is 2.27. The van der Waals surface area contributed by atoms with Gasteiger partial charge in [-0.3, -0.25) is 0 Å². The van der Waals surface area contributed by atoms with Crippen LogP contribution in [0.2, 0.25) is 0 Å². The third kappa shape index (κ3) is 2.30. The van der Waals surface area contributed by atoms with E-state index in [-0.39, 0.29) is 5.56 Å². The average Bonchev–Trinajstić information content (AvgIpc) is 2.59. The maximum absolute atomic E-state index is 11.7. The molecule has 4 aromatic rings. The number of carbonyl (C=O) groups is 1. The van der Waals surface area contributed by atoms with Gasteiger partial charge in [-0.2, -0.15) is 0 Å². The van der Waals surface area contributed by atoms with Crippen LogP contribution in [0.4, 0.5) is 0 Å². The zero-order valence-electron chi connectivity index (χ0n) is 12.1. The predicted molar refractivity (Wildman–Crippen MR) is 89.4 cm³/mol. The van der Waals surface area contributed by atoms with E-state index < -0.39 is 5.97 Å². The van der Waals surface area contributed by atoms with Crippen molar-refractivity contribution < 1.29 is 9.90 Å². The molecule has 4 rings (SSSR count). The maximum atomic E-state index is 11.7. The molecule has 4 nitrogen and oxygen atoms in total. The predicted octanol–water partition coefficient (Wildman–Crippen LogP) is 4.15. The van der Waals surface area contributed by atoms with E-state index >= 15 is 0 Å². The number of fused-ring (bicyclic) bond motifs is 2. The summed E-state index contributed by atoms with van der Waals surface area (Å²) in [6.07, 6.45) is 0. The molecule has 0 fully saturated rings. The number of hydrogen-bond acceptors (Lipinski definition) is 3. The summed E-state index contributed by atoms with van der Waals surface area (Å²) in [5.41, 5.74) is 4.38. The SMILES string of the molecule is O=C(O)c1cc(-c2ccccc2)cc2nc3ccccc3nc12. The summed E-state index contributed by atoms with van der Waals surface area (Å²) in [7, 11) is 0. The van der Waals surface area contributed by atoms with Crippen molar-refractivity contribution in [1.82, 2.24) is 9.97 Å². The second-order valence-electron chi connectivity index (χ2n) is 5.28. The zero-order chi connectivity index (χ0) is 15.8. The van der Waals surface area contributed by atoms with Crippen molar-refractivity contribution >= 4 is 28.0 Å². The van der Waals surface area contributed by atoms with E-state index in [1.54, 1.807) is 6.07 Å². The lowest BCUT2D eigenvalue weighted by atomic mass is 10.0. The van der Waals surface area contributed by atoms with Crippen LogP contribution in [0, 0.1) is 0 Å². The summed E-state index contributed by atoms with van der Waals surface area (Å²) in [6, 6.07) is 20.7. The molecule has 4 heteroatoms. The number of carboxylic acid groups (broad SMARTS) is 1. The van der Waals surface area contributed by atoms with Gasteiger partial charge in [-0.05, 0) is 35.4 Å². The molecule has 0 saturated carbocycles. The molecule has 0 saturated heterocycles. The van der Waals surface area contributed by atoms with Crippen LogP contribution in [0.5, 0.6) is 0 Å². The first kappa shape index (κ1) is 13.4. The second kappa shape index (κ2) is 5.18. The highest BCUT2D eigenvalue weighted by molar-refractivity contribution is 6.04. The van der Waals surface area contributed by atoms with Crippen LogP contribution in [0.3, 0.4) is 0 Å². The van der Waals surface area contributed by atoms with Crippen molar-refractivity contribution in [2.75, 3.05) is 0 Å². The van der Waals surface area contributed by atoms with Gasteiger partial charge in [0.2, 0.25) is 0 Å².